The Morgan fingerprint density at radius 2 is 1.77 bits per heavy atom. The van der Waals surface area contributed by atoms with Gasteiger partial charge in [-0.1, -0.05) is 47.5 Å². The largest absolute Gasteiger partial charge is 0.383 e. The molecule has 0 fully saturated rings. The Bertz CT molecular complexity index is 1190. The van der Waals surface area contributed by atoms with Crippen molar-refractivity contribution in [2.45, 2.75) is 33.4 Å². The zero-order valence-electron chi connectivity index (χ0n) is 21.0. The number of carbonyl (C=O) groups is 2. The predicted molar refractivity (Wildman–Crippen MR) is 138 cm³/mol. The number of urea groups is 1. The Morgan fingerprint density at radius 3 is 2.49 bits per heavy atom. The lowest BCUT2D eigenvalue weighted by molar-refractivity contribution is -0.134. The summed E-state index contributed by atoms with van der Waals surface area (Å²) in [6.07, 6.45) is 2.06. The Morgan fingerprint density at radius 1 is 1.03 bits per heavy atom. The van der Waals surface area contributed by atoms with Crippen LogP contribution in [0.3, 0.4) is 0 Å². The Hall–Kier alpha value is -3.58. The summed E-state index contributed by atoms with van der Waals surface area (Å²) >= 11 is 0. The number of anilines is 1. The number of rotatable bonds is 7. The van der Waals surface area contributed by atoms with Gasteiger partial charge in [-0.15, -0.1) is 0 Å². The lowest BCUT2D eigenvalue weighted by Gasteiger charge is -2.38. The van der Waals surface area contributed by atoms with Gasteiger partial charge in [-0.05, 0) is 50.1 Å². The maximum Gasteiger partial charge on any atom is 0.322 e. The van der Waals surface area contributed by atoms with Crippen LogP contribution in [0.4, 0.5) is 10.5 Å². The van der Waals surface area contributed by atoms with Crippen molar-refractivity contribution in [1.29, 1.82) is 0 Å². The summed E-state index contributed by atoms with van der Waals surface area (Å²) in [4.78, 5) is 30.3. The van der Waals surface area contributed by atoms with Crippen LogP contribution >= 0.6 is 0 Å². The first-order valence-corrected chi connectivity index (χ1v) is 12.0. The normalized spacial score (nSPS) is 15.0. The van der Waals surface area contributed by atoms with Crippen molar-refractivity contribution < 1.29 is 14.3 Å². The lowest BCUT2D eigenvalue weighted by atomic mass is 9.98. The van der Waals surface area contributed by atoms with E-state index in [1.807, 2.05) is 43.0 Å². The average Bonchev–Trinajstić information content (AvgIpc) is 3.32. The van der Waals surface area contributed by atoms with E-state index in [0.29, 0.717) is 19.7 Å². The molecule has 1 unspecified atom stereocenters. The maximum absolute atomic E-state index is 13.7. The standard InChI is InChI=1S/C28H34N4O3/c1-20-7-10-23(11-8-20)27-25-6-5-13-30(25)14-15-32(27)26(33)19-31(16-17-35-4)28(34)29-24-12-9-21(2)18-22(24)3/h5-13,18,27H,14-17,19H2,1-4H3,(H,29,34). The fraction of sp³-hybridized carbons (Fsp3) is 0.357. The van der Waals surface area contributed by atoms with Gasteiger partial charge in [0.15, 0.2) is 0 Å². The van der Waals surface area contributed by atoms with Crippen LogP contribution < -0.4 is 5.32 Å². The molecule has 0 aliphatic carbocycles. The molecule has 2 aromatic carbocycles. The Kier molecular flexibility index (Phi) is 7.56. The second-order valence-corrected chi connectivity index (χ2v) is 9.19. The number of hydrogen-bond donors (Lipinski definition) is 1. The molecular weight excluding hydrogens is 440 g/mol. The van der Waals surface area contributed by atoms with Crippen LogP contribution in [-0.4, -0.2) is 59.7 Å². The van der Waals surface area contributed by atoms with Crippen molar-refractivity contribution in [2.75, 3.05) is 38.7 Å². The van der Waals surface area contributed by atoms with E-state index in [1.165, 1.54) is 10.5 Å². The molecule has 1 aliphatic rings. The van der Waals surface area contributed by atoms with Crippen LogP contribution in [0.5, 0.6) is 0 Å². The van der Waals surface area contributed by atoms with E-state index in [4.69, 9.17) is 4.74 Å². The quantitative estimate of drug-likeness (QED) is 0.547. The molecule has 3 amide bonds. The molecule has 4 rings (SSSR count). The van der Waals surface area contributed by atoms with Gasteiger partial charge in [0.2, 0.25) is 5.91 Å². The molecule has 0 saturated heterocycles. The molecule has 1 aromatic heterocycles. The van der Waals surface area contributed by atoms with Gasteiger partial charge in [-0.25, -0.2) is 4.79 Å². The molecular formula is C28H34N4O3. The maximum atomic E-state index is 13.7. The van der Waals surface area contributed by atoms with Crippen LogP contribution in [0, 0.1) is 20.8 Å². The molecule has 2 heterocycles. The minimum Gasteiger partial charge on any atom is -0.383 e. The van der Waals surface area contributed by atoms with Gasteiger partial charge in [0.05, 0.1) is 12.6 Å². The molecule has 0 spiro atoms. The number of amides is 3. The van der Waals surface area contributed by atoms with Crippen molar-refractivity contribution >= 4 is 17.6 Å². The fourth-order valence-corrected chi connectivity index (χ4v) is 4.61. The van der Waals surface area contributed by atoms with E-state index >= 15 is 0 Å². The molecule has 1 aliphatic heterocycles. The second-order valence-electron chi connectivity index (χ2n) is 9.19. The summed E-state index contributed by atoms with van der Waals surface area (Å²) in [5.74, 6) is -0.0880. The van der Waals surface area contributed by atoms with Gasteiger partial charge in [0.25, 0.3) is 0 Å². The smallest absolute Gasteiger partial charge is 0.322 e. The highest BCUT2D eigenvalue weighted by molar-refractivity contribution is 5.93. The van der Waals surface area contributed by atoms with Gasteiger partial charge < -0.3 is 24.4 Å². The topological polar surface area (TPSA) is 66.8 Å². The molecule has 1 N–H and O–H groups in total. The number of aromatic nitrogens is 1. The third-order valence-electron chi connectivity index (χ3n) is 6.55. The zero-order valence-corrected chi connectivity index (χ0v) is 21.0. The van der Waals surface area contributed by atoms with Gasteiger partial charge in [-0.3, -0.25) is 4.79 Å². The van der Waals surface area contributed by atoms with Crippen molar-refractivity contribution in [3.05, 3.63) is 88.7 Å². The van der Waals surface area contributed by atoms with Crippen LogP contribution in [0.15, 0.2) is 60.8 Å². The first kappa shape index (κ1) is 24.5. The highest BCUT2D eigenvalue weighted by Crippen LogP contribution is 2.32. The summed E-state index contributed by atoms with van der Waals surface area (Å²) in [6, 6.07) is 17.8. The average molecular weight is 475 g/mol. The summed E-state index contributed by atoms with van der Waals surface area (Å²) in [7, 11) is 1.59. The van der Waals surface area contributed by atoms with E-state index in [9.17, 15) is 9.59 Å². The number of hydrogen-bond acceptors (Lipinski definition) is 3. The van der Waals surface area contributed by atoms with E-state index in [2.05, 4.69) is 53.3 Å². The van der Waals surface area contributed by atoms with Crippen LogP contribution in [0.25, 0.3) is 0 Å². The Balaban J connectivity index is 1.56. The van der Waals surface area contributed by atoms with Crippen molar-refractivity contribution in [2.24, 2.45) is 0 Å². The molecule has 0 bridgehead atoms. The number of carbonyl (C=O) groups excluding carboxylic acids is 2. The van der Waals surface area contributed by atoms with E-state index in [0.717, 1.165) is 34.6 Å². The molecule has 0 saturated carbocycles. The van der Waals surface area contributed by atoms with Crippen molar-refractivity contribution in [3.63, 3.8) is 0 Å². The van der Waals surface area contributed by atoms with Gasteiger partial charge in [0, 0.05) is 44.3 Å². The van der Waals surface area contributed by atoms with Gasteiger partial charge >= 0.3 is 6.03 Å². The van der Waals surface area contributed by atoms with E-state index in [1.54, 1.807) is 7.11 Å². The highest BCUT2D eigenvalue weighted by Gasteiger charge is 2.33. The third-order valence-corrected chi connectivity index (χ3v) is 6.55. The molecule has 0 radical (unpaired) electrons. The van der Waals surface area contributed by atoms with Gasteiger partial charge in [0.1, 0.15) is 6.54 Å². The van der Waals surface area contributed by atoms with Crippen LogP contribution in [0.1, 0.15) is 34.0 Å². The summed E-state index contributed by atoms with van der Waals surface area (Å²) in [5.41, 5.74) is 6.16. The highest BCUT2D eigenvalue weighted by atomic mass is 16.5. The zero-order chi connectivity index (χ0) is 24.9. The number of nitrogens with zero attached hydrogens (tertiary/aromatic N) is 3. The Labute approximate surface area is 207 Å². The summed E-state index contributed by atoms with van der Waals surface area (Å²) in [5, 5.41) is 2.97. The molecule has 3 aromatic rings. The number of ether oxygens (including phenoxy) is 1. The van der Waals surface area contributed by atoms with Gasteiger partial charge in [-0.2, -0.15) is 0 Å². The number of fused-ring (bicyclic) bond motifs is 1. The number of methoxy groups -OCH3 is 1. The SMILES string of the molecule is COCCN(CC(=O)N1CCn2cccc2C1c1ccc(C)cc1)C(=O)Nc1ccc(C)cc1C. The molecule has 7 heteroatoms. The number of benzene rings is 2. The van der Waals surface area contributed by atoms with Crippen LogP contribution in [-0.2, 0) is 16.1 Å². The van der Waals surface area contributed by atoms with E-state index < -0.39 is 0 Å². The first-order chi connectivity index (χ1) is 16.9. The molecule has 1 atom stereocenters. The van der Waals surface area contributed by atoms with Crippen LogP contribution in [0.2, 0.25) is 0 Å². The summed E-state index contributed by atoms with van der Waals surface area (Å²) < 4.78 is 7.43. The number of aryl methyl sites for hydroxylation is 3. The number of nitrogens with one attached hydrogen (secondary N) is 1. The fourth-order valence-electron chi connectivity index (χ4n) is 4.61. The second kappa shape index (κ2) is 10.8. The first-order valence-electron chi connectivity index (χ1n) is 12.0. The predicted octanol–water partition coefficient (Wildman–Crippen LogP) is 4.53. The summed E-state index contributed by atoms with van der Waals surface area (Å²) in [6.45, 7) is 7.97. The van der Waals surface area contributed by atoms with Crippen molar-refractivity contribution in [1.82, 2.24) is 14.4 Å². The molecule has 184 valence electrons. The third kappa shape index (κ3) is 5.57. The molecule has 7 nitrogen and oxygen atoms in total. The molecule has 35 heavy (non-hydrogen) atoms. The van der Waals surface area contributed by atoms with Crippen molar-refractivity contribution in [3.8, 4) is 0 Å². The minimum absolute atomic E-state index is 0.0246. The minimum atomic E-state index is -0.311. The van der Waals surface area contributed by atoms with E-state index in [-0.39, 0.29) is 24.5 Å². The lowest BCUT2D eigenvalue weighted by Crippen LogP contribution is -2.49. The monoisotopic (exact) mass is 474 g/mol.